The number of nitrogens with two attached hydrogens (primary N) is 1. The van der Waals surface area contributed by atoms with Gasteiger partial charge < -0.3 is 15.6 Å². The van der Waals surface area contributed by atoms with E-state index in [1.54, 1.807) is 12.1 Å². The van der Waals surface area contributed by atoms with Crippen molar-refractivity contribution in [1.29, 1.82) is 0 Å². The molecule has 0 amide bonds. The predicted octanol–water partition coefficient (Wildman–Crippen LogP) is 1.97. The van der Waals surface area contributed by atoms with Crippen molar-refractivity contribution in [3.05, 3.63) is 35.6 Å². The Morgan fingerprint density at radius 1 is 1.28 bits per heavy atom. The van der Waals surface area contributed by atoms with Gasteiger partial charge >= 0.3 is 0 Å². The van der Waals surface area contributed by atoms with Crippen molar-refractivity contribution in [2.45, 2.75) is 44.0 Å². The Labute approximate surface area is 107 Å². The highest BCUT2D eigenvalue weighted by atomic mass is 19.1. The minimum atomic E-state index is -0.699. The summed E-state index contributed by atoms with van der Waals surface area (Å²) in [7, 11) is 0. The van der Waals surface area contributed by atoms with Crippen molar-refractivity contribution in [1.82, 2.24) is 0 Å². The molecule has 4 heteroatoms. The molecule has 0 aliphatic heterocycles. The second-order valence-electron chi connectivity index (χ2n) is 5.07. The maximum Gasteiger partial charge on any atom is 0.123 e. The molecule has 100 valence electrons. The Kier molecular flexibility index (Phi) is 4.32. The Morgan fingerprint density at radius 2 is 1.89 bits per heavy atom. The van der Waals surface area contributed by atoms with Crippen molar-refractivity contribution < 1.29 is 14.2 Å². The van der Waals surface area contributed by atoms with Gasteiger partial charge in [-0.15, -0.1) is 0 Å². The van der Waals surface area contributed by atoms with Gasteiger partial charge in [-0.25, -0.2) is 4.39 Å². The van der Waals surface area contributed by atoms with Crippen LogP contribution in [0, 0.1) is 5.82 Å². The van der Waals surface area contributed by atoms with Gasteiger partial charge in [-0.05, 0) is 43.4 Å². The van der Waals surface area contributed by atoms with E-state index in [1.165, 1.54) is 12.1 Å². The van der Waals surface area contributed by atoms with Gasteiger partial charge in [0.15, 0.2) is 0 Å². The fourth-order valence-electron chi connectivity index (χ4n) is 2.29. The van der Waals surface area contributed by atoms with Crippen LogP contribution in [0.5, 0.6) is 0 Å². The summed E-state index contributed by atoms with van der Waals surface area (Å²) in [5.74, 6) is -0.232. The number of halogens is 1. The molecule has 1 aliphatic rings. The number of ether oxygens (including phenoxy) is 1. The van der Waals surface area contributed by atoms with Crippen LogP contribution in [0.4, 0.5) is 4.39 Å². The number of rotatable bonds is 4. The summed E-state index contributed by atoms with van der Waals surface area (Å²) in [5.41, 5.74) is 5.81. The van der Waals surface area contributed by atoms with E-state index in [2.05, 4.69) is 0 Å². The Balaban J connectivity index is 1.77. The van der Waals surface area contributed by atoms with E-state index in [0.717, 1.165) is 18.4 Å². The maximum absolute atomic E-state index is 12.7. The SMILES string of the molecule is NCC1(O)CCC(OCc2ccc(F)cc2)CC1. The average Bonchev–Trinajstić information content (AvgIpc) is 2.40. The third-order valence-electron chi connectivity index (χ3n) is 3.64. The van der Waals surface area contributed by atoms with Gasteiger partial charge in [0, 0.05) is 6.54 Å². The first-order chi connectivity index (χ1) is 8.61. The fraction of sp³-hybridized carbons (Fsp3) is 0.571. The molecule has 0 bridgehead atoms. The summed E-state index contributed by atoms with van der Waals surface area (Å²) in [4.78, 5) is 0. The molecule has 0 aromatic heterocycles. The molecule has 0 spiro atoms. The van der Waals surface area contributed by atoms with Crippen molar-refractivity contribution in [2.75, 3.05) is 6.54 Å². The van der Waals surface area contributed by atoms with Crippen molar-refractivity contribution in [3.8, 4) is 0 Å². The molecule has 0 saturated heterocycles. The molecule has 3 N–H and O–H groups in total. The first kappa shape index (κ1) is 13.5. The topological polar surface area (TPSA) is 55.5 Å². The third kappa shape index (κ3) is 3.51. The zero-order chi connectivity index (χ0) is 13.0. The summed E-state index contributed by atoms with van der Waals surface area (Å²) in [6, 6.07) is 6.34. The van der Waals surface area contributed by atoms with Gasteiger partial charge in [0.25, 0.3) is 0 Å². The van der Waals surface area contributed by atoms with Crippen molar-refractivity contribution in [2.24, 2.45) is 5.73 Å². The first-order valence-corrected chi connectivity index (χ1v) is 6.40. The van der Waals surface area contributed by atoms with Crippen LogP contribution in [0.15, 0.2) is 24.3 Å². The van der Waals surface area contributed by atoms with Crippen LogP contribution < -0.4 is 5.73 Å². The lowest BCUT2D eigenvalue weighted by molar-refractivity contribution is -0.0554. The third-order valence-corrected chi connectivity index (χ3v) is 3.64. The lowest BCUT2D eigenvalue weighted by Gasteiger charge is -2.34. The van der Waals surface area contributed by atoms with E-state index in [9.17, 15) is 9.50 Å². The molecular weight excluding hydrogens is 233 g/mol. The molecule has 2 rings (SSSR count). The average molecular weight is 253 g/mol. The Bertz CT molecular complexity index is 372. The van der Waals surface area contributed by atoms with E-state index < -0.39 is 5.60 Å². The molecule has 0 radical (unpaired) electrons. The number of aliphatic hydroxyl groups is 1. The minimum absolute atomic E-state index is 0.168. The molecule has 0 unspecified atom stereocenters. The normalized spacial score (nSPS) is 28.3. The predicted molar refractivity (Wildman–Crippen MR) is 67.4 cm³/mol. The second kappa shape index (κ2) is 5.78. The zero-order valence-corrected chi connectivity index (χ0v) is 10.4. The number of benzene rings is 1. The zero-order valence-electron chi connectivity index (χ0n) is 10.4. The summed E-state index contributed by atoms with van der Waals surface area (Å²) in [6.45, 7) is 0.809. The van der Waals surface area contributed by atoms with Crippen LogP contribution in [-0.4, -0.2) is 23.4 Å². The number of hydrogen-bond acceptors (Lipinski definition) is 3. The first-order valence-electron chi connectivity index (χ1n) is 6.40. The molecule has 1 aliphatic carbocycles. The van der Waals surface area contributed by atoms with Gasteiger partial charge in [-0.1, -0.05) is 12.1 Å². The van der Waals surface area contributed by atoms with E-state index in [-0.39, 0.29) is 11.9 Å². The van der Waals surface area contributed by atoms with Gasteiger partial charge in [-0.3, -0.25) is 0 Å². The molecule has 1 saturated carbocycles. The quantitative estimate of drug-likeness (QED) is 0.862. The monoisotopic (exact) mass is 253 g/mol. The highest BCUT2D eigenvalue weighted by molar-refractivity contribution is 5.15. The largest absolute Gasteiger partial charge is 0.389 e. The van der Waals surface area contributed by atoms with Crippen molar-refractivity contribution >= 4 is 0 Å². The summed E-state index contributed by atoms with van der Waals surface area (Å²) < 4.78 is 18.5. The van der Waals surface area contributed by atoms with E-state index >= 15 is 0 Å². The Hall–Kier alpha value is -0.970. The minimum Gasteiger partial charge on any atom is -0.389 e. The molecule has 1 fully saturated rings. The summed E-state index contributed by atoms with van der Waals surface area (Å²) in [5, 5.41) is 9.99. The van der Waals surface area contributed by atoms with E-state index in [1.807, 2.05) is 0 Å². The fourth-order valence-corrected chi connectivity index (χ4v) is 2.29. The molecular formula is C14H20FNO2. The van der Waals surface area contributed by atoms with E-state index in [0.29, 0.717) is 26.0 Å². The van der Waals surface area contributed by atoms with Crippen LogP contribution in [0.25, 0.3) is 0 Å². The standard InChI is InChI=1S/C14H20FNO2/c15-12-3-1-11(2-4-12)9-18-13-5-7-14(17,10-16)8-6-13/h1-4,13,17H,5-10,16H2. The van der Waals surface area contributed by atoms with Crippen LogP contribution in [0.1, 0.15) is 31.2 Å². The highest BCUT2D eigenvalue weighted by Gasteiger charge is 2.32. The van der Waals surface area contributed by atoms with Gasteiger partial charge in [0.2, 0.25) is 0 Å². The van der Waals surface area contributed by atoms with Crippen LogP contribution >= 0.6 is 0 Å². The molecule has 3 nitrogen and oxygen atoms in total. The van der Waals surface area contributed by atoms with Gasteiger partial charge in [0.05, 0.1) is 18.3 Å². The van der Waals surface area contributed by atoms with E-state index in [4.69, 9.17) is 10.5 Å². The molecule has 1 aromatic carbocycles. The van der Waals surface area contributed by atoms with Crippen LogP contribution in [0.3, 0.4) is 0 Å². The molecule has 0 atom stereocenters. The van der Waals surface area contributed by atoms with Crippen LogP contribution in [0.2, 0.25) is 0 Å². The highest BCUT2D eigenvalue weighted by Crippen LogP contribution is 2.29. The lowest BCUT2D eigenvalue weighted by Crippen LogP contribution is -2.42. The summed E-state index contributed by atoms with van der Waals surface area (Å²) >= 11 is 0. The van der Waals surface area contributed by atoms with Crippen molar-refractivity contribution in [3.63, 3.8) is 0 Å². The van der Waals surface area contributed by atoms with Crippen LogP contribution in [-0.2, 0) is 11.3 Å². The van der Waals surface area contributed by atoms with Gasteiger partial charge in [0.1, 0.15) is 5.82 Å². The second-order valence-corrected chi connectivity index (χ2v) is 5.07. The Morgan fingerprint density at radius 3 is 2.44 bits per heavy atom. The molecule has 18 heavy (non-hydrogen) atoms. The lowest BCUT2D eigenvalue weighted by atomic mass is 9.83. The molecule has 0 heterocycles. The maximum atomic E-state index is 12.7. The number of hydrogen-bond donors (Lipinski definition) is 2. The summed E-state index contributed by atoms with van der Waals surface area (Å²) in [6.07, 6.45) is 3.21. The molecule has 1 aromatic rings. The smallest absolute Gasteiger partial charge is 0.123 e. The van der Waals surface area contributed by atoms with Gasteiger partial charge in [-0.2, -0.15) is 0 Å².